The summed E-state index contributed by atoms with van der Waals surface area (Å²) in [5.74, 6) is 0.796. The van der Waals surface area contributed by atoms with Crippen molar-refractivity contribution in [3.63, 3.8) is 0 Å². The molecule has 2 aromatic heterocycles. The molecule has 6 rings (SSSR count). The molecule has 6 nitrogen and oxygen atoms in total. The van der Waals surface area contributed by atoms with Crippen LogP contribution in [0, 0.1) is 11.8 Å². The van der Waals surface area contributed by atoms with Crippen LogP contribution in [0.4, 0.5) is 0 Å². The molecule has 2 N–H and O–H groups in total. The lowest BCUT2D eigenvalue weighted by Gasteiger charge is -2.06. The summed E-state index contributed by atoms with van der Waals surface area (Å²) >= 11 is 0. The molecule has 0 unspecified atom stereocenters. The second-order valence-corrected chi connectivity index (χ2v) is 9.57. The van der Waals surface area contributed by atoms with Gasteiger partial charge in [-0.05, 0) is 85.0 Å². The maximum atomic E-state index is 11.9. The number of hydrogen-bond donors (Lipinski definition) is 2. The predicted molar refractivity (Wildman–Crippen MR) is 130 cm³/mol. The topological polar surface area (TPSA) is 84.5 Å². The monoisotopic (exact) mass is 456 g/mol. The van der Waals surface area contributed by atoms with Crippen LogP contribution in [0.5, 0.6) is 0 Å². The van der Waals surface area contributed by atoms with Crippen molar-refractivity contribution < 1.29 is 18.4 Å². The minimum Gasteiger partial charge on any atom is -0.464 e. The largest absolute Gasteiger partial charge is 0.464 e. The number of benzene rings is 2. The van der Waals surface area contributed by atoms with Crippen molar-refractivity contribution >= 4 is 33.8 Å². The summed E-state index contributed by atoms with van der Waals surface area (Å²) in [6.45, 7) is 1.24. The molecule has 6 heteroatoms. The standard InChI is InChI=1S/C28H28N2O4/c31-27(17-1-2-17)29-11-9-21-15-33-25-7-5-19(13-23(21)25)20-6-8-26-24(14-20)22(16-34-26)10-12-30-28(32)18-3-4-18/h5-8,13-18H,1-4,9-12H2,(H,29,31)(H,30,32). The number of amides is 2. The highest BCUT2D eigenvalue weighted by molar-refractivity contribution is 5.90. The Bertz CT molecular complexity index is 1270. The molecule has 2 aromatic carbocycles. The summed E-state index contributed by atoms with van der Waals surface area (Å²) < 4.78 is 11.5. The normalized spacial score (nSPS) is 15.6. The summed E-state index contributed by atoms with van der Waals surface area (Å²) in [6.07, 6.45) is 9.14. The summed E-state index contributed by atoms with van der Waals surface area (Å²) in [7, 11) is 0. The van der Waals surface area contributed by atoms with Gasteiger partial charge >= 0.3 is 0 Å². The van der Waals surface area contributed by atoms with E-state index in [4.69, 9.17) is 8.83 Å². The molecule has 2 fully saturated rings. The van der Waals surface area contributed by atoms with E-state index in [0.717, 1.165) is 82.7 Å². The molecule has 4 aromatic rings. The molecule has 0 aliphatic heterocycles. The summed E-state index contributed by atoms with van der Waals surface area (Å²) in [4.78, 5) is 23.8. The van der Waals surface area contributed by atoms with E-state index in [2.05, 4.69) is 34.9 Å². The third-order valence-corrected chi connectivity index (χ3v) is 6.92. The van der Waals surface area contributed by atoms with Crippen molar-refractivity contribution in [1.82, 2.24) is 10.6 Å². The zero-order chi connectivity index (χ0) is 23.1. The molecule has 2 saturated carbocycles. The molecule has 2 heterocycles. The average molecular weight is 457 g/mol. The minimum atomic E-state index is 0.171. The molecule has 2 aliphatic carbocycles. The van der Waals surface area contributed by atoms with Crippen LogP contribution in [-0.2, 0) is 22.4 Å². The maximum absolute atomic E-state index is 11.9. The van der Waals surface area contributed by atoms with Gasteiger partial charge in [0.15, 0.2) is 0 Å². The van der Waals surface area contributed by atoms with E-state index in [1.807, 2.05) is 12.1 Å². The Morgan fingerprint density at radius 1 is 0.706 bits per heavy atom. The fourth-order valence-corrected chi connectivity index (χ4v) is 4.53. The molecule has 2 aliphatic rings. The molecular formula is C28H28N2O4. The quantitative estimate of drug-likeness (QED) is 0.372. The Kier molecular flexibility index (Phi) is 5.36. The lowest BCUT2D eigenvalue weighted by molar-refractivity contribution is -0.123. The van der Waals surface area contributed by atoms with Crippen molar-refractivity contribution in [2.45, 2.75) is 38.5 Å². The van der Waals surface area contributed by atoms with Crippen molar-refractivity contribution in [3.8, 4) is 11.1 Å². The zero-order valence-electron chi connectivity index (χ0n) is 19.1. The number of nitrogens with one attached hydrogen (secondary N) is 2. The van der Waals surface area contributed by atoms with Gasteiger partial charge in [0.2, 0.25) is 11.8 Å². The van der Waals surface area contributed by atoms with Gasteiger partial charge in [-0.2, -0.15) is 0 Å². The smallest absolute Gasteiger partial charge is 0.223 e. The zero-order valence-corrected chi connectivity index (χ0v) is 19.1. The van der Waals surface area contributed by atoms with E-state index in [-0.39, 0.29) is 23.7 Å². The summed E-state index contributed by atoms with van der Waals surface area (Å²) in [6, 6.07) is 12.5. The van der Waals surface area contributed by atoms with E-state index in [0.29, 0.717) is 13.1 Å². The second kappa shape index (κ2) is 8.67. The Labute approximate surface area is 197 Å². The molecule has 0 bridgehead atoms. The number of rotatable bonds is 9. The van der Waals surface area contributed by atoms with E-state index >= 15 is 0 Å². The minimum absolute atomic E-state index is 0.171. The average Bonchev–Trinajstić information content (AvgIpc) is 3.79. The molecule has 0 radical (unpaired) electrons. The first-order valence-corrected chi connectivity index (χ1v) is 12.2. The van der Waals surface area contributed by atoms with Crippen LogP contribution in [0.25, 0.3) is 33.1 Å². The van der Waals surface area contributed by atoms with Gasteiger partial charge in [0.1, 0.15) is 11.2 Å². The first-order chi connectivity index (χ1) is 16.7. The number of carbonyl (C=O) groups excluding carboxylic acids is 2. The highest BCUT2D eigenvalue weighted by Crippen LogP contribution is 2.32. The lowest BCUT2D eigenvalue weighted by atomic mass is 9.99. The predicted octanol–water partition coefficient (Wildman–Crippen LogP) is 4.98. The van der Waals surface area contributed by atoms with Crippen LogP contribution in [0.15, 0.2) is 57.8 Å². The third kappa shape index (κ3) is 4.32. The Morgan fingerprint density at radius 3 is 1.56 bits per heavy atom. The van der Waals surface area contributed by atoms with Crippen LogP contribution in [0.2, 0.25) is 0 Å². The first kappa shape index (κ1) is 21.0. The summed E-state index contributed by atoms with van der Waals surface area (Å²) in [5.41, 5.74) is 6.11. The highest BCUT2D eigenvalue weighted by atomic mass is 16.3. The lowest BCUT2D eigenvalue weighted by Crippen LogP contribution is -2.26. The fourth-order valence-electron chi connectivity index (χ4n) is 4.53. The van der Waals surface area contributed by atoms with Crippen molar-refractivity contribution in [1.29, 1.82) is 0 Å². The van der Waals surface area contributed by atoms with Gasteiger partial charge in [-0.1, -0.05) is 12.1 Å². The van der Waals surface area contributed by atoms with Crippen LogP contribution >= 0.6 is 0 Å². The van der Waals surface area contributed by atoms with Gasteiger partial charge in [0.25, 0.3) is 0 Å². The van der Waals surface area contributed by atoms with Crippen molar-refractivity contribution in [2.75, 3.05) is 13.1 Å². The molecule has 34 heavy (non-hydrogen) atoms. The maximum Gasteiger partial charge on any atom is 0.223 e. The van der Waals surface area contributed by atoms with E-state index < -0.39 is 0 Å². The number of carbonyl (C=O) groups is 2. The molecule has 0 spiro atoms. The van der Waals surface area contributed by atoms with Crippen molar-refractivity contribution in [2.24, 2.45) is 11.8 Å². The Hall–Kier alpha value is -3.54. The van der Waals surface area contributed by atoms with Gasteiger partial charge in [-0.25, -0.2) is 0 Å². The summed E-state index contributed by atoms with van der Waals surface area (Å²) in [5, 5.41) is 8.22. The molecule has 0 atom stereocenters. The van der Waals surface area contributed by atoms with Gasteiger partial charge in [-0.15, -0.1) is 0 Å². The SMILES string of the molecule is O=C(NCCc1coc2ccc(-c3ccc4occ(CCNC(=O)C5CC5)c4c3)cc12)C1CC1. The van der Waals surface area contributed by atoms with Gasteiger partial charge in [0.05, 0.1) is 12.5 Å². The molecular weight excluding hydrogens is 428 g/mol. The Morgan fingerprint density at radius 2 is 1.15 bits per heavy atom. The second-order valence-electron chi connectivity index (χ2n) is 9.57. The number of hydrogen-bond acceptors (Lipinski definition) is 4. The van der Waals surface area contributed by atoms with E-state index in [9.17, 15) is 9.59 Å². The van der Waals surface area contributed by atoms with E-state index in [1.165, 1.54) is 0 Å². The van der Waals surface area contributed by atoms with Gasteiger partial charge < -0.3 is 19.5 Å². The van der Waals surface area contributed by atoms with Crippen LogP contribution in [0.3, 0.4) is 0 Å². The van der Waals surface area contributed by atoms with Crippen molar-refractivity contribution in [3.05, 3.63) is 60.1 Å². The third-order valence-electron chi connectivity index (χ3n) is 6.92. The van der Waals surface area contributed by atoms with Gasteiger partial charge in [-0.3, -0.25) is 9.59 Å². The van der Waals surface area contributed by atoms with Crippen LogP contribution in [-0.4, -0.2) is 24.9 Å². The molecule has 2 amide bonds. The molecule has 0 saturated heterocycles. The number of furan rings is 2. The fraction of sp³-hybridized carbons (Fsp3) is 0.357. The van der Waals surface area contributed by atoms with Crippen LogP contribution < -0.4 is 10.6 Å². The highest BCUT2D eigenvalue weighted by Gasteiger charge is 2.29. The Balaban J connectivity index is 1.19. The van der Waals surface area contributed by atoms with E-state index in [1.54, 1.807) is 12.5 Å². The number of fused-ring (bicyclic) bond motifs is 2. The molecule has 174 valence electrons. The first-order valence-electron chi connectivity index (χ1n) is 12.2. The van der Waals surface area contributed by atoms with Crippen LogP contribution in [0.1, 0.15) is 36.8 Å². The van der Waals surface area contributed by atoms with Gasteiger partial charge in [0, 0.05) is 35.7 Å².